The third-order valence-electron chi connectivity index (χ3n) is 4.46. The van der Waals surface area contributed by atoms with Gasteiger partial charge in [-0.15, -0.1) is 11.3 Å². The number of carbonyl (C=O) groups excluding carboxylic acids is 2. The van der Waals surface area contributed by atoms with Crippen molar-refractivity contribution < 1.29 is 22.7 Å². The van der Waals surface area contributed by atoms with Crippen molar-refractivity contribution in [2.45, 2.75) is 29.6 Å². The van der Waals surface area contributed by atoms with Gasteiger partial charge in [0.1, 0.15) is 10.3 Å². The number of halogens is 1. The zero-order valence-corrected chi connectivity index (χ0v) is 17.4. The Bertz CT molecular complexity index is 972. The minimum atomic E-state index is -3.76. The molecule has 1 saturated heterocycles. The average Bonchev–Trinajstić information content (AvgIpc) is 3.35. The fraction of sp³-hybridized carbons (Fsp3) is 0.333. The summed E-state index contributed by atoms with van der Waals surface area (Å²) in [5.41, 5.74) is 1.21. The lowest BCUT2D eigenvalue weighted by molar-refractivity contribution is -0.124. The van der Waals surface area contributed by atoms with Crippen LogP contribution in [0.4, 0.5) is 0 Å². The second-order valence-electron chi connectivity index (χ2n) is 6.24. The summed E-state index contributed by atoms with van der Waals surface area (Å²) in [7, 11) is -2.45. The van der Waals surface area contributed by atoms with E-state index in [4.69, 9.17) is 11.6 Å². The van der Waals surface area contributed by atoms with E-state index < -0.39 is 22.0 Å². The van der Waals surface area contributed by atoms with E-state index >= 15 is 0 Å². The molecule has 1 unspecified atom stereocenters. The van der Waals surface area contributed by atoms with Crippen molar-refractivity contribution in [1.29, 1.82) is 0 Å². The van der Waals surface area contributed by atoms with Crippen molar-refractivity contribution in [3.63, 3.8) is 0 Å². The summed E-state index contributed by atoms with van der Waals surface area (Å²) in [6, 6.07) is 8.88. The molecule has 7 nitrogen and oxygen atoms in total. The van der Waals surface area contributed by atoms with Gasteiger partial charge >= 0.3 is 5.97 Å². The predicted octanol–water partition coefficient (Wildman–Crippen LogP) is 2.66. The highest BCUT2D eigenvalue weighted by Gasteiger charge is 2.39. The highest BCUT2D eigenvalue weighted by atomic mass is 35.5. The number of nitrogens with one attached hydrogen (secondary N) is 1. The molecule has 1 aromatic carbocycles. The van der Waals surface area contributed by atoms with Gasteiger partial charge in [-0.05, 0) is 42.7 Å². The largest absolute Gasteiger partial charge is 0.465 e. The van der Waals surface area contributed by atoms with Gasteiger partial charge in [0.05, 0.1) is 17.0 Å². The summed E-state index contributed by atoms with van der Waals surface area (Å²) in [6.45, 7) is 0.527. The fourth-order valence-corrected chi connectivity index (χ4v) is 6.29. The molecule has 3 rings (SSSR count). The van der Waals surface area contributed by atoms with Crippen molar-refractivity contribution in [3.8, 4) is 0 Å². The van der Waals surface area contributed by atoms with Gasteiger partial charge in [-0.2, -0.15) is 4.31 Å². The Hall–Kier alpha value is -1.94. The highest BCUT2D eigenvalue weighted by Crippen LogP contribution is 2.32. The number of rotatable bonds is 6. The third-order valence-corrected chi connectivity index (χ3v) is 8.07. The number of hydrogen-bond acceptors (Lipinski definition) is 6. The molecule has 28 heavy (non-hydrogen) atoms. The topological polar surface area (TPSA) is 92.8 Å². The summed E-state index contributed by atoms with van der Waals surface area (Å²) in [4.78, 5) is 24.1. The number of nitrogens with zero attached hydrogens (tertiary/aromatic N) is 1. The van der Waals surface area contributed by atoms with E-state index in [1.54, 1.807) is 24.3 Å². The predicted molar refractivity (Wildman–Crippen MR) is 106 cm³/mol. The highest BCUT2D eigenvalue weighted by molar-refractivity contribution is 7.91. The van der Waals surface area contributed by atoms with E-state index in [-0.39, 0.29) is 16.7 Å². The summed E-state index contributed by atoms with van der Waals surface area (Å²) in [6.07, 6.45) is 1.08. The van der Waals surface area contributed by atoms with Crippen LogP contribution in [0.2, 0.25) is 4.34 Å². The van der Waals surface area contributed by atoms with E-state index in [0.29, 0.717) is 29.3 Å². The number of hydrogen-bond donors (Lipinski definition) is 1. The van der Waals surface area contributed by atoms with Crippen LogP contribution < -0.4 is 5.32 Å². The van der Waals surface area contributed by atoms with Crippen molar-refractivity contribution in [3.05, 3.63) is 51.9 Å². The summed E-state index contributed by atoms with van der Waals surface area (Å²) in [5.74, 6) is -0.781. The molecule has 1 amide bonds. The summed E-state index contributed by atoms with van der Waals surface area (Å²) >= 11 is 6.83. The van der Waals surface area contributed by atoms with E-state index in [2.05, 4.69) is 10.1 Å². The molecule has 0 radical (unpaired) electrons. The number of thiophene rings is 1. The Morgan fingerprint density at radius 2 is 1.96 bits per heavy atom. The number of carbonyl (C=O) groups is 2. The van der Waals surface area contributed by atoms with Gasteiger partial charge in [-0.25, -0.2) is 13.2 Å². The zero-order chi connectivity index (χ0) is 20.3. The molecule has 2 heterocycles. The van der Waals surface area contributed by atoms with Crippen LogP contribution in [0.25, 0.3) is 0 Å². The lowest BCUT2D eigenvalue weighted by Crippen LogP contribution is -2.45. The molecule has 2 aromatic rings. The Morgan fingerprint density at radius 1 is 1.25 bits per heavy atom. The monoisotopic (exact) mass is 442 g/mol. The molecule has 0 bridgehead atoms. The Morgan fingerprint density at radius 3 is 2.57 bits per heavy atom. The molecule has 1 fully saturated rings. The number of esters is 1. The van der Waals surface area contributed by atoms with Gasteiger partial charge in [0, 0.05) is 13.1 Å². The average molecular weight is 443 g/mol. The molecule has 10 heteroatoms. The fourth-order valence-electron chi connectivity index (χ4n) is 3.03. The first kappa shape index (κ1) is 20.8. The number of benzene rings is 1. The first-order valence-electron chi connectivity index (χ1n) is 8.55. The Balaban J connectivity index is 1.66. The van der Waals surface area contributed by atoms with Crippen LogP contribution in [0.5, 0.6) is 0 Å². The smallest absolute Gasteiger partial charge is 0.337 e. The lowest BCUT2D eigenvalue weighted by atomic mass is 10.1. The van der Waals surface area contributed by atoms with Crippen LogP contribution in [0.15, 0.2) is 40.6 Å². The lowest BCUT2D eigenvalue weighted by Gasteiger charge is -2.22. The van der Waals surface area contributed by atoms with Gasteiger partial charge < -0.3 is 10.1 Å². The maximum absolute atomic E-state index is 12.8. The number of amides is 1. The van der Waals surface area contributed by atoms with Gasteiger partial charge in [0.15, 0.2) is 0 Å². The summed E-state index contributed by atoms with van der Waals surface area (Å²) in [5, 5.41) is 2.78. The van der Waals surface area contributed by atoms with Gasteiger partial charge in [0.25, 0.3) is 10.0 Å². The van der Waals surface area contributed by atoms with Gasteiger partial charge in [-0.1, -0.05) is 23.7 Å². The van der Waals surface area contributed by atoms with Gasteiger partial charge in [0.2, 0.25) is 5.91 Å². The minimum Gasteiger partial charge on any atom is -0.465 e. The van der Waals surface area contributed by atoms with E-state index in [1.807, 2.05) is 0 Å². The molecule has 1 N–H and O–H groups in total. The van der Waals surface area contributed by atoms with Crippen LogP contribution in [0, 0.1) is 0 Å². The van der Waals surface area contributed by atoms with Crippen LogP contribution >= 0.6 is 22.9 Å². The second-order valence-corrected chi connectivity index (χ2v) is 10.1. The normalized spacial score (nSPS) is 17.4. The first-order chi connectivity index (χ1) is 13.3. The molecule has 1 aliphatic rings. The molecule has 1 aromatic heterocycles. The minimum absolute atomic E-state index is 0.135. The van der Waals surface area contributed by atoms with Gasteiger partial charge in [-0.3, -0.25) is 4.79 Å². The van der Waals surface area contributed by atoms with Crippen molar-refractivity contribution in [2.24, 2.45) is 0 Å². The zero-order valence-electron chi connectivity index (χ0n) is 15.1. The summed E-state index contributed by atoms with van der Waals surface area (Å²) < 4.78 is 32.0. The van der Waals surface area contributed by atoms with Crippen molar-refractivity contribution in [2.75, 3.05) is 13.7 Å². The maximum atomic E-state index is 12.8. The molecular formula is C18H19ClN2O5S2. The molecular weight excluding hydrogens is 424 g/mol. The molecule has 150 valence electrons. The molecule has 0 saturated carbocycles. The van der Waals surface area contributed by atoms with Crippen LogP contribution in [-0.4, -0.2) is 44.3 Å². The maximum Gasteiger partial charge on any atom is 0.337 e. The standard InChI is InChI=1S/C18H19ClN2O5S2/c1-26-18(23)13-6-4-12(5-7-13)11-20-17(22)14-3-2-10-21(14)28(24,25)16-9-8-15(19)27-16/h4-9,14H,2-3,10-11H2,1H3,(H,20,22). The van der Waals surface area contributed by atoms with Crippen LogP contribution in [-0.2, 0) is 26.1 Å². The first-order valence-corrected chi connectivity index (χ1v) is 11.2. The van der Waals surface area contributed by atoms with Crippen molar-refractivity contribution in [1.82, 2.24) is 9.62 Å². The van der Waals surface area contributed by atoms with E-state index in [0.717, 1.165) is 16.9 Å². The molecule has 1 aliphatic heterocycles. The van der Waals surface area contributed by atoms with Crippen LogP contribution in [0.1, 0.15) is 28.8 Å². The quantitative estimate of drug-likeness (QED) is 0.694. The van der Waals surface area contributed by atoms with E-state index in [9.17, 15) is 18.0 Å². The molecule has 0 aliphatic carbocycles. The van der Waals surface area contributed by atoms with E-state index in [1.165, 1.54) is 23.5 Å². The number of ether oxygens (including phenoxy) is 1. The molecule has 0 spiro atoms. The van der Waals surface area contributed by atoms with Crippen LogP contribution in [0.3, 0.4) is 0 Å². The third kappa shape index (κ3) is 4.38. The Labute approximate surface area is 172 Å². The van der Waals surface area contributed by atoms with Crippen molar-refractivity contribution >= 4 is 44.8 Å². The number of sulfonamides is 1. The second kappa shape index (κ2) is 8.60. The Kier molecular flexibility index (Phi) is 6.39. The SMILES string of the molecule is COC(=O)c1ccc(CNC(=O)C2CCCN2S(=O)(=O)c2ccc(Cl)s2)cc1. The number of methoxy groups -OCH3 is 1. The molecule has 1 atom stereocenters.